The predicted molar refractivity (Wildman–Crippen MR) is 84.8 cm³/mol. The van der Waals surface area contributed by atoms with Gasteiger partial charge in [-0.05, 0) is 37.1 Å². The van der Waals surface area contributed by atoms with Crippen LogP contribution >= 0.6 is 23.4 Å². The van der Waals surface area contributed by atoms with E-state index in [-0.39, 0.29) is 0 Å². The van der Waals surface area contributed by atoms with Gasteiger partial charge in [-0.25, -0.2) is 0 Å². The minimum absolute atomic E-state index is 0.395. The van der Waals surface area contributed by atoms with Crippen LogP contribution in [0.2, 0.25) is 5.02 Å². The first-order valence-corrected chi connectivity index (χ1v) is 8.12. The maximum absolute atomic E-state index is 6.21. The smallest absolute Gasteiger partial charge is 0.0438 e. The van der Waals surface area contributed by atoms with Crippen molar-refractivity contribution in [1.82, 2.24) is 5.32 Å². The molecule has 0 aliphatic heterocycles. The first-order chi connectivity index (χ1) is 8.58. The summed E-state index contributed by atoms with van der Waals surface area (Å²) in [5.41, 5.74) is 2.44. The summed E-state index contributed by atoms with van der Waals surface area (Å²) in [6.07, 6.45) is 1.22. The lowest BCUT2D eigenvalue weighted by molar-refractivity contribution is 0.605. The summed E-state index contributed by atoms with van der Waals surface area (Å²) in [5, 5.41) is 5.13. The van der Waals surface area contributed by atoms with Gasteiger partial charge in [0.15, 0.2) is 0 Å². The first kappa shape index (κ1) is 15.9. The number of rotatable bonds is 7. The van der Waals surface area contributed by atoms with E-state index in [4.69, 9.17) is 11.6 Å². The molecule has 0 saturated carbocycles. The number of benzene rings is 1. The molecule has 0 aliphatic carbocycles. The third-order valence-corrected chi connectivity index (χ3v) is 5.01. The molecule has 3 heteroatoms. The van der Waals surface area contributed by atoms with E-state index in [1.165, 1.54) is 12.0 Å². The fraction of sp³-hybridized carbons (Fsp3) is 0.600. The number of thioether (sulfide) groups is 1. The van der Waals surface area contributed by atoms with Crippen molar-refractivity contribution in [3.8, 4) is 0 Å². The monoisotopic (exact) mass is 285 g/mol. The van der Waals surface area contributed by atoms with Gasteiger partial charge in [-0.3, -0.25) is 0 Å². The van der Waals surface area contributed by atoms with E-state index in [2.05, 4.69) is 44.3 Å². The molecule has 0 saturated heterocycles. The molecule has 2 atom stereocenters. The van der Waals surface area contributed by atoms with Crippen molar-refractivity contribution in [2.45, 2.75) is 45.4 Å². The maximum atomic E-state index is 6.21. The molecule has 0 aliphatic rings. The molecule has 1 nitrogen and oxygen atoms in total. The van der Waals surface area contributed by atoms with Gasteiger partial charge < -0.3 is 5.32 Å². The van der Waals surface area contributed by atoms with Crippen LogP contribution in [0.1, 0.15) is 44.4 Å². The normalized spacial score (nSPS) is 14.5. The van der Waals surface area contributed by atoms with Gasteiger partial charge in [0.2, 0.25) is 0 Å². The summed E-state index contributed by atoms with van der Waals surface area (Å²) in [6.45, 7) is 9.70. The lowest BCUT2D eigenvalue weighted by atomic mass is 10.1. The zero-order valence-corrected chi connectivity index (χ0v) is 13.4. The van der Waals surface area contributed by atoms with E-state index in [0.29, 0.717) is 11.3 Å². The molecule has 2 unspecified atom stereocenters. The lowest BCUT2D eigenvalue weighted by Gasteiger charge is -2.20. The average Bonchev–Trinajstić information content (AvgIpc) is 2.37. The van der Waals surface area contributed by atoms with Crippen LogP contribution in [0.3, 0.4) is 0 Å². The molecule has 1 N–H and O–H groups in total. The third kappa shape index (κ3) is 4.83. The van der Waals surface area contributed by atoms with Crippen LogP contribution in [0.5, 0.6) is 0 Å². The van der Waals surface area contributed by atoms with E-state index in [1.54, 1.807) is 0 Å². The second kappa shape index (κ2) is 8.08. The molecule has 1 rings (SSSR count). The first-order valence-electron chi connectivity index (χ1n) is 6.69. The van der Waals surface area contributed by atoms with Gasteiger partial charge in [-0.15, -0.1) is 0 Å². The van der Waals surface area contributed by atoms with Crippen molar-refractivity contribution in [3.63, 3.8) is 0 Å². The van der Waals surface area contributed by atoms with Crippen molar-refractivity contribution in [2.75, 3.05) is 12.3 Å². The molecular formula is C15H24ClNS. The topological polar surface area (TPSA) is 12.0 Å². The SMILES string of the molecule is CCNC(CSC(C)CC)c1ccc(C)c(Cl)c1. The molecule has 0 aromatic heterocycles. The van der Waals surface area contributed by atoms with Gasteiger partial charge >= 0.3 is 0 Å². The van der Waals surface area contributed by atoms with Crippen LogP contribution in [0.25, 0.3) is 0 Å². The highest BCUT2D eigenvalue weighted by Crippen LogP contribution is 2.26. The number of hydrogen-bond acceptors (Lipinski definition) is 2. The molecule has 1 aromatic rings. The van der Waals surface area contributed by atoms with Crippen molar-refractivity contribution in [2.24, 2.45) is 0 Å². The largest absolute Gasteiger partial charge is 0.310 e. The third-order valence-electron chi connectivity index (χ3n) is 3.17. The Hall–Kier alpha value is -0.180. The minimum Gasteiger partial charge on any atom is -0.310 e. The molecule has 0 bridgehead atoms. The van der Waals surface area contributed by atoms with E-state index < -0.39 is 0 Å². The van der Waals surface area contributed by atoms with Gasteiger partial charge in [0.25, 0.3) is 0 Å². The Morgan fingerprint density at radius 3 is 2.61 bits per heavy atom. The maximum Gasteiger partial charge on any atom is 0.0438 e. The second-order valence-corrected chi connectivity index (χ2v) is 6.55. The molecule has 0 radical (unpaired) electrons. The number of hydrogen-bond donors (Lipinski definition) is 1. The van der Waals surface area contributed by atoms with Crippen molar-refractivity contribution in [1.29, 1.82) is 0 Å². The fourth-order valence-electron chi connectivity index (χ4n) is 1.72. The fourth-order valence-corrected chi connectivity index (χ4v) is 2.98. The Morgan fingerprint density at radius 1 is 1.33 bits per heavy atom. The number of halogens is 1. The average molecular weight is 286 g/mol. The highest BCUT2D eigenvalue weighted by molar-refractivity contribution is 7.99. The quantitative estimate of drug-likeness (QED) is 0.770. The van der Waals surface area contributed by atoms with E-state index >= 15 is 0 Å². The number of aryl methyl sites for hydroxylation is 1. The van der Waals surface area contributed by atoms with Crippen LogP contribution < -0.4 is 5.32 Å². The van der Waals surface area contributed by atoms with Crippen molar-refractivity contribution in [3.05, 3.63) is 34.3 Å². The Bertz CT molecular complexity index is 368. The summed E-state index contributed by atoms with van der Waals surface area (Å²) in [4.78, 5) is 0. The summed E-state index contributed by atoms with van der Waals surface area (Å²) >= 11 is 8.24. The van der Waals surface area contributed by atoms with Crippen molar-refractivity contribution < 1.29 is 0 Å². The summed E-state index contributed by atoms with van der Waals surface area (Å²) in [6, 6.07) is 6.79. The Labute approximate surface area is 121 Å². The molecule has 0 spiro atoms. The molecule has 18 heavy (non-hydrogen) atoms. The van der Waals surface area contributed by atoms with Crippen LogP contribution in [-0.4, -0.2) is 17.5 Å². The molecule has 0 fully saturated rings. The van der Waals surface area contributed by atoms with E-state index in [1.807, 2.05) is 18.7 Å². The minimum atomic E-state index is 0.395. The summed E-state index contributed by atoms with van der Waals surface area (Å²) in [7, 11) is 0. The van der Waals surface area contributed by atoms with Crippen LogP contribution in [0.15, 0.2) is 18.2 Å². The number of nitrogens with one attached hydrogen (secondary N) is 1. The Balaban J connectivity index is 2.73. The second-order valence-electron chi connectivity index (χ2n) is 4.67. The highest BCUT2D eigenvalue weighted by atomic mass is 35.5. The van der Waals surface area contributed by atoms with Crippen molar-refractivity contribution >= 4 is 23.4 Å². The molecule has 0 amide bonds. The summed E-state index contributed by atoms with van der Waals surface area (Å²) in [5.74, 6) is 1.10. The van der Waals surface area contributed by atoms with E-state index in [9.17, 15) is 0 Å². The summed E-state index contributed by atoms with van der Waals surface area (Å²) < 4.78 is 0. The zero-order chi connectivity index (χ0) is 13.5. The lowest BCUT2D eigenvalue weighted by Crippen LogP contribution is -2.23. The van der Waals surface area contributed by atoms with Crippen LogP contribution in [0.4, 0.5) is 0 Å². The zero-order valence-electron chi connectivity index (χ0n) is 11.8. The Kier molecular flexibility index (Phi) is 7.13. The standard InChI is InChI=1S/C15H24ClNS/c1-5-12(4)18-10-15(17-6-2)13-8-7-11(3)14(16)9-13/h7-9,12,15,17H,5-6,10H2,1-4H3. The molecule has 102 valence electrons. The van der Waals surface area contributed by atoms with Gasteiger partial charge in [0, 0.05) is 22.1 Å². The van der Waals surface area contributed by atoms with E-state index in [0.717, 1.165) is 22.9 Å². The highest BCUT2D eigenvalue weighted by Gasteiger charge is 2.13. The van der Waals surface area contributed by atoms with Crippen LogP contribution in [0, 0.1) is 6.92 Å². The molecular weight excluding hydrogens is 262 g/mol. The van der Waals surface area contributed by atoms with Crippen LogP contribution in [-0.2, 0) is 0 Å². The van der Waals surface area contributed by atoms with Gasteiger partial charge in [0.1, 0.15) is 0 Å². The predicted octanol–water partition coefficient (Wildman–Crippen LogP) is 4.83. The van der Waals surface area contributed by atoms with Gasteiger partial charge in [-0.1, -0.05) is 44.5 Å². The van der Waals surface area contributed by atoms with Gasteiger partial charge in [-0.2, -0.15) is 11.8 Å². The van der Waals surface area contributed by atoms with Gasteiger partial charge in [0.05, 0.1) is 0 Å². The Morgan fingerprint density at radius 2 is 2.06 bits per heavy atom. The molecule has 1 aromatic carbocycles. The molecule has 0 heterocycles.